The van der Waals surface area contributed by atoms with E-state index in [-0.39, 0.29) is 35.3 Å². The van der Waals surface area contributed by atoms with Gasteiger partial charge in [0.25, 0.3) is 0 Å². The maximum absolute atomic E-state index is 12.3. The molecule has 0 aromatic carbocycles. The molecule has 0 spiro atoms. The monoisotopic (exact) mass is 268 g/mol. The lowest BCUT2D eigenvalue weighted by atomic mass is 9.52. The van der Waals surface area contributed by atoms with E-state index < -0.39 is 0 Å². The third-order valence-electron chi connectivity index (χ3n) is 5.27. The van der Waals surface area contributed by atoms with Crippen LogP contribution >= 0.6 is 0 Å². The number of hydrogen-bond donors (Lipinski definition) is 0. The average Bonchev–Trinajstić information content (AvgIpc) is 2.63. The van der Waals surface area contributed by atoms with Crippen molar-refractivity contribution in [2.45, 2.75) is 46.6 Å². The number of esters is 2. The molecule has 1 aliphatic heterocycles. The Labute approximate surface area is 114 Å². The van der Waals surface area contributed by atoms with E-state index in [2.05, 4.69) is 27.7 Å². The van der Waals surface area contributed by atoms with Crippen LogP contribution in [-0.2, 0) is 19.1 Å². The minimum atomic E-state index is -0.372. The number of hydrogen-bond acceptors (Lipinski definition) is 4. The number of rotatable bonds is 3. The Morgan fingerprint density at radius 3 is 2.37 bits per heavy atom. The van der Waals surface area contributed by atoms with Gasteiger partial charge in [-0.25, -0.2) is 0 Å². The molecule has 1 saturated heterocycles. The van der Waals surface area contributed by atoms with Gasteiger partial charge in [-0.3, -0.25) is 9.59 Å². The fraction of sp³-hybridized carbons (Fsp3) is 0.867. The van der Waals surface area contributed by atoms with Gasteiger partial charge >= 0.3 is 11.9 Å². The Morgan fingerprint density at radius 2 is 1.89 bits per heavy atom. The maximum atomic E-state index is 12.3. The van der Waals surface area contributed by atoms with Crippen molar-refractivity contribution in [1.82, 2.24) is 0 Å². The normalized spacial score (nSPS) is 32.6. The van der Waals surface area contributed by atoms with Crippen molar-refractivity contribution in [2.75, 3.05) is 7.11 Å². The molecule has 19 heavy (non-hydrogen) atoms. The van der Waals surface area contributed by atoms with E-state index in [1.54, 1.807) is 0 Å². The highest BCUT2D eigenvalue weighted by atomic mass is 16.6. The summed E-state index contributed by atoms with van der Waals surface area (Å²) in [5, 5.41) is 0. The average molecular weight is 268 g/mol. The zero-order valence-corrected chi connectivity index (χ0v) is 12.4. The number of ether oxygens (including phenoxy) is 2. The molecule has 2 rings (SSSR count). The number of carbonyl (C=O) groups is 2. The molecule has 3 unspecified atom stereocenters. The summed E-state index contributed by atoms with van der Waals surface area (Å²) in [6.45, 7) is 8.52. The highest BCUT2D eigenvalue weighted by Gasteiger charge is 2.61. The number of methoxy groups -OCH3 is 1. The lowest BCUT2D eigenvalue weighted by Crippen LogP contribution is -2.52. The summed E-state index contributed by atoms with van der Waals surface area (Å²) in [5.41, 5.74) is -0.215. The van der Waals surface area contributed by atoms with Gasteiger partial charge in [0.2, 0.25) is 0 Å². The lowest BCUT2D eigenvalue weighted by Gasteiger charge is -2.50. The van der Waals surface area contributed by atoms with Gasteiger partial charge in [0.05, 0.1) is 18.9 Å². The summed E-state index contributed by atoms with van der Waals surface area (Å²) >= 11 is 0. The van der Waals surface area contributed by atoms with E-state index in [0.717, 1.165) is 6.42 Å². The van der Waals surface area contributed by atoms with Gasteiger partial charge in [-0.2, -0.15) is 0 Å². The molecular formula is C15H24O4. The predicted octanol–water partition coefficient (Wildman–Crippen LogP) is 2.41. The Hall–Kier alpha value is -1.06. The molecule has 3 atom stereocenters. The summed E-state index contributed by atoms with van der Waals surface area (Å²) in [7, 11) is 1.40. The molecule has 0 aromatic rings. The molecular weight excluding hydrogens is 244 g/mol. The molecule has 1 saturated carbocycles. The molecule has 4 nitrogen and oxygen atoms in total. The van der Waals surface area contributed by atoms with Crippen LogP contribution in [-0.4, -0.2) is 25.2 Å². The second-order valence-corrected chi connectivity index (χ2v) is 6.53. The Balaban J connectivity index is 2.50. The first-order valence-corrected chi connectivity index (χ1v) is 7.12. The van der Waals surface area contributed by atoms with Crippen LogP contribution in [0, 0.1) is 29.1 Å². The molecule has 2 bridgehead atoms. The van der Waals surface area contributed by atoms with Gasteiger partial charge in [-0.15, -0.1) is 0 Å². The number of fused-ring (bicyclic) bond motifs is 2. The second kappa shape index (κ2) is 4.80. The van der Waals surface area contributed by atoms with E-state index in [1.807, 2.05) is 0 Å². The molecule has 2 aliphatic rings. The summed E-state index contributed by atoms with van der Waals surface area (Å²) in [6, 6.07) is 0. The third-order valence-corrected chi connectivity index (χ3v) is 5.27. The first-order valence-electron chi connectivity index (χ1n) is 7.12. The second-order valence-electron chi connectivity index (χ2n) is 6.53. The van der Waals surface area contributed by atoms with Crippen LogP contribution in [0.1, 0.15) is 40.5 Å². The van der Waals surface area contributed by atoms with Crippen LogP contribution in [0.4, 0.5) is 0 Å². The largest absolute Gasteiger partial charge is 0.469 e. The lowest BCUT2D eigenvalue weighted by molar-refractivity contribution is -0.163. The molecule has 2 fully saturated rings. The topological polar surface area (TPSA) is 52.6 Å². The molecule has 0 amide bonds. The maximum Gasteiger partial charge on any atom is 0.310 e. The van der Waals surface area contributed by atoms with Gasteiger partial charge in [0.1, 0.15) is 6.10 Å². The van der Waals surface area contributed by atoms with Crippen LogP contribution in [0.2, 0.25) is 0 Å². The Kier molecular flexibility index (Phi) is 3.63. The van der Waals surface area contributed by atoms with E-state index in [4.69, 9.17) is 9.47 Å². The molecule has 0 aromatic heterocycles. The zero-order chi connectivity index (χ0) is 14.4. The van der Waals surface area contributed by atoms with Crippen molar-refractivity contribution in [3.05, 3.63) is 0 Å². The van der Waals surface area contributed by atoms with Crippen LogP contribution in [0.15, 0.2) is 0 Å². The van der Waals surface area contributed by atoms with Crippen LogP contribution in [0.3, 0.4) is 0 Å². The van der Waals surface area contributed by atoms with E-state index >= 15 is 0 Å². The zero-order valence-electron chi connectivity index (χ0n) is 12.4. The molecule has 1 aliphatic carbocycles. The van der Waals surface area contributed by atoms with E-state index in [0.29, 0.717) is 18.3 Å². The van der Waals surface area contributed by atoms with Gasteiger partial charge in [-0.1, -0.05) is 27.7 Å². The molecule has 0 N–H and O–H groups in total. The summed E-state index contributed by atoms with van der Waals surface area (Å²) in [6.07, 6.45) is 1.41. The van der Waals surface area contributed by atoms with Crippen molar-refractivity contribution in [3.8, 4) is 0 Å². The molecule has 4 heteroatoms. The van der Waals surface area contributed by atoms with Crippen LogP contribution in [0.5, 0.6) is 0 Å². The molecule has 0 radical (unpaired) electrons. The first-order chi connectivity index (χ1) is 8.84. The fourth-order valence-corrected chi connectivity index (χ4v) is 4.34. The van der Waals surface area contributed by atoms with Crippen LogP contribution in [0.25, 0.3) is 0 Å². The van der Waals surface area contributed by atoms with E-state index in [9.17, 15) is 9.59 Å². The smallest absolute Gasteiger partial charge is 0.310 e. The first kappa shape index (κ1) is 14.4. The summed E-state index contributed by atoms with van der Waals surface area (Å²) < 4.78 is 10.4. The van der Waals surface area contributed by atoms with Crippen molar-refractivity contribution < 1.29 is 19.1 Å². The minimum Gasteiger partial charge on any atom is -0.469 e. The summed E-state index contributed by atoms with van der Waals surface area (Å²) in [4.78, 5) is 24.3. The highest BCUT2D eigenvalue weighted by Crippen LogP contribution is 2.57. The predicted molar refractivity (Wildman–Crippen MR) is 70.2 cm³/mol. The fourth-order valence-electron chi connectivity index (χ4n) is 4.34. The Bertz CT molecular complexity index is 378. The minimum absolute atomic E-state index is 0.0248. The van der Waals surface area contributed by atoms with Gasteiger partial charge in [-0.05, 0) is 30.1 Å². The van der Waals surface area contributed by atoms with Crippen molar-refractivity contribution in [2.24, 2.45) is 29.1 Å². The Morgan fingerprint density at radius 1 is 1.32 bits per heavy atom. The molecule has 1 heterocycles. The van der Waals surface area contributed by atoms with Crippen molar-refractivity contribution >= 4 is 11.9 Å². The quantitative estimate of drug-likeness (QED) is 0.738. The van der Waals surface area contributed by atoms with Gasteiger partial charge < -0.3 is 9.47 Å². The summed E-state index contributed by atoms with van der Waals surface area (Å²) in [5.74, 6) is -0.569. The van der Waals surface area contributed by atoms with Crippen LogP contribution < -0.4 is 0 Å². The van der Waals surface area contributed by atoms with Gasteiger partial charge in [0, 0.05) is 0 Å². The third kappa shape index (κ3) is 1.96. The standard InChI is InChI=1S/C15H24O4/c1-8(2)15(9(3)4)7-10-6-11(13(16)19-10)12(15)14(17)18-5/h8-12H,6-7H2,1-5H3. The molecule has 108 valence electrons. The van der Waals surface area contributed by atoms with E-state index in [1.165, 1.54) is 7.11 Å². The van der Waals surface area contributed by atoms with Gasteiger partial charge in [0.15, 0.2) is 0 Å². The van der Waals surface area contributed by atoms with Crippen molar-refractivity contribution in [3.63, 3.8) is 0 Å². The number of carbonyl (C=O) groups excluding carboxylic acids is 2. The highest BCUT2D eigenvalue weighted by molar-refractivity contribution is 5.84. The SMILES string of the molecule is COC(=O)C1C2CC(CC1(C(C)C)C(C)C)OC2=O. The van der Waals surface area contributed by atoms with Crippen molar-refractivity contribution in [1.29, 1.82) is 0 Å².